The summed E-state index contributed by atoms with van der Waals surface area (Å²) in [6.45, 7) is 0. The number of aliphatic imine (C=N–C) groups is 1. The number of nitrogens with one attached hydrogen (secondary N) is 2. The van der Waals surface area contributed by atoms with Crippen molar-refractivity contribution in [2.75, 3.05) is 0 Å². The first kappa shape index (κ1) is 28.2. The molecule has 1 aliphatic heterocycles. The highest BCUT2D eigenvalue weighted by molar-refractivity contribution is 7.26. The summed E-state index contributed by atoms with van der Waals surface area (Å²) < 4.78 is 2.64. The molecule has 0 saturated carbocycles. The summed E-state index contributed by atoms with van der Waals surface area (Å²) in [6, 6.07) is 59.1. The molecule has 0 bridgehead atoms. The van der Waals surface area contributed by atoms with Crippen LogP contribution in [0.4, 0.5) is 0 Å². The number of nitrogens with zero attached hydrogens (tertiary/aromatic N) is 1. The van der Waals surface area contributed by atoms with Gasteiger partial charge in [0.15, 0.2) is 0 Å². The molecule has 0 saturated heterocycles. The lowest BCUT2D eigenvalue weighted by Crippen LogP contribution is -2.45. The van der Waals surface area contributed by atoms with Crippen molar-refractivity contribution >= 4 is 69.7 Å². The Morgan fingerprint density at radius 2 is 1.20 bits per heavy atom. The van der Waals surface area contributed by atoms with Crippen molar-refractivity contribution in [3.63, 3.8) is 0 Å². The second kappa shape index (κ2) is 11.4. The molecule has 49 heavy (non-hydrogen) atoms. The first-order valence-electron chi connectivity index (χ1n) is 16.8. The average molecular weight is 646 g/mol. The molecule has 10 rings (SSSR count). The standard InChI is InChI=1S/C45H31N3S/c1-2-13-29(14-3-1)43-46-44(32-17-10-16-30(26-32)35-21-11-22-38-36-20-8-9-23-40(36)49-42(35)38)48-45(47-43)41-34-19-7-5-15-31(34)27-39-33-18-6-4-12-28(33)24-25-37(39)41/h1-27,43-44,46H,(H,47,48). The summed E-state index contributed by atoms with van der Waals surface area (Å²) in [4.78, 5) is 5.51. The molecule has 1 aromatic heterocycles. The maximum Gasteiger partial charge on any atom is 0.133 e. The minimum atomic E-state index is -0.266. The van der Waals surface area contributed by atoms with E-state index in [1.807, 2.05) is 11.3 Å². The van der Waals surface area contributed by atoms with Crippen LogP contribution in [0.2, 0.25) is 0 Å². The Morgan fingerprint density at radius 1 is 0.490 bits per heavy atom. The van der Waals surface area contributed by atoms with Gasteiger partial charge in [-0.05, 0) is 72.8 Å². The summed E-state index contributed by atoms with van der Waals surface area (Å²) in [7, 11) is 0. The Bertz CT molecular complexity index is 2740. The van der Waals surface area contributed by atoms with E-state index in [9.17, 15) is 0 Å². The van der Waals surface area contributed by atoms with Gasteiger partial charge < -0.3 is 5.32 Å². The van der Waals surface area contributed by atoms with E-state index in [-0.39, 0.29) is 12.3 Å². The highest BCUT2D eigenvalue weighted by Gasteiger charge is 2.28. The van der Waals surface area contributed by atoms with Gasteiger partial charge in [-0.15, -0.1) is 11.3 Å². The number of hydrogen-bond acceptors (Lipinski definition) is 4. The third-order valence-electron chi connectivity index (χ3n) is 9.92. The molecule has 232 valence electrons. The molecule has 1 aliphatic rings. The Labute approximate surface area is 288 Å². The van der Waals surface area contributed by atoms with E-state index in [1.165, 1.54) is 69.2 Å². The van der Waals surface area contributed by atoms with Crippen LogP contribution in [0.1, 0.15) is 29.0 Å². The second-order valence-electron chi connectivity index (χ2n) is 12.8. The van der Waals surface area contributed by atoms with Crippen molar-refractivity contribution in [3.05, 3.63) is 180 Å². The van der Waals surface area contributed by atoms with Crippen LogP contribution < -0.4 is 10.6 Å². The Hall–Kier alpha value is -5.81. The molecule has 3 nitrogen and oxygen atoms in total. The molecule has 2 N–H and O–H groups in total. The number of benzene rings is 8. The van der Waals surface area contributed by atoms with Gasteiger partial charge >= 0.3 is 0 Å². The lowest BCUT2D eigenvalue weighted by Gasteiger charge is -2.33. The zero-order chi connectivity index (χ0) is 32.3. The van der Waals surface area contributed by atoms with Gasteiger partial charge in [0.1, 0.15) is 18.2 Å². The third-order valence-corrected chi connectivity index (χ3v) is 11.1. The smallest absolute Gasteiger partial charge is 0.133 e. The molecule has 2 unspecified atom stereocenters. The zero-order valence-electron chi connectivity index (χ0n) is 26.6. The van der Waals surface area contributed by atoms with Gasteiger partial charge in [-0.25, -0.2) is 4.99 Å². The van der Waals surface area contributed by atoms with E-state index in [0.29, 0.717) is 0 Å². The lowest BCUT2D eigenvalue weighted by molar-refractivity contribution is 0.409. The number of rotatable bonds is 4. The zero-order valence-corrected chi connectivity index (χ0v) is 27.4. The van der Waals surface area contributed by atoms with E-state index >= 15 is 0 Å². The average Bonchev–Trinajstić information content (AvgIpc) is 3.56. The van der Waals surface area contributed by atoms with Gasteiger partial charge in [0, 0.05) is 25.7 Å². The molecule has 0 fully saturated rings. The highest BCUT2D eigenvalue weighted by Crippen LogP contribution is 2.41. The van der Waals surface area contributed by atoms with E-state index < -0.39 is 0 Å². The second-order valence-corrected chi connectivity index (χ2v) is 13.8. The summed E-state index contributed by atoms with van der Waals surface area (Å²) >= 11 is 1.87. The predicted molar refractivity (Wildman–Crippen MR) is 208 cm³/mol. The van der Waals surface area contributed by atoms with Crippen LogP contribution >= 0.6 is 11.3 Å². The molecule has 2 heterocycles. The fourth-order valence-electron chi connectivity index (χ4n) is 7.60. The SMILES string of the molecule is c1ccc(C2NC(c3c4ccccc4cc4c3ccc3ccccc34)=NC(c3cccc(-c4cccc5c4sc4ccccc45)c3)N2)cc1. The molecule has 2 atom stereocenters. The van der Waals surface area contributed by atoms with Crippen LogP contribution in [-0.2, 0) is 0 Å². The van der Waals surface area contributed by atoms with Crippen LogP contribution in [0.25, 0.3) is 63.6 Å². The van der Waals surface area contributed by atoms with Gasteiger partial charge in [0.2, 0.25) is 0 Å². The van der Waals surface area contributed by atoms with Crippen molar-refractivity contribution in [1.82, 2.24) is 10.6 Å². The predicted octanol–water partition coefficient (Wildman–Crippen LogP) is 11.5. The Kier molecular flexibility index (Phi) is 6.57. The molecule has 0 amide bonds. The monoisotopic (exact) mass is 645 g/mol. The number of fused-ring (bicyclic) bond motifs is 7. The first-order chi connectivity index (χ1) is 24.3. The molecule has 4 heteroatoms. The van der Waals surface area contributed by atoms with Crippen molar-refractivity contribution < 1.29 is 0 Å². The maximum atomic E-state index is 5.51. The molecule has 0 radical (unpaired) electrons. The molecule has 9 aromatic rings. The molecular weight excluding hydrogens is 615 g/mol. The lowest BCUT2D eigenvalue weighted by atomic mass is 9.92. The van der Waals surface area contributed by atoms with Crippen molar-refractivity contribution in [1.29, 1.82) is 0 Å². The maximum absolute atomic E-state index is 5.51. The minimum absolute atomic E-state index is 0.136. The highest BCUT2D eigenvalue weighted by atomic mass is 32.1. The van der Waals surface area contributed by atoms with E-state index in [0.717, 1.165) is 17.0 Å². The largest absolute Gasteiger partial charge is 0.350 e. The Balaban J connectivity index is 1.17. The van der Waals surface area contributed by atoms with E-state index in [1.54, 1.807) is 0 Å². The van der Waals surface area contributed by atoms with Gasteiger partial charge in [-0.3, -0.25) is 5.32 Å². The fraction of sp³-hybridized carbons (Fsp3) is 0.0444. The summed E-state index contributed by atoms with van der Waals surface area (Å²) in [5.41, 5.74) is 5.89. The van der Waals surface area contributed by atoms with Crippen LogP contribution in [0.15, 0.2) is 169 Å². The van der Waals surface area contributed by atoms with Crippen LogP contribution in [0.5, 0.6) is 0 Å². The number of hydrogen-bond donors (Lipinski definition) is 2. The molecule has 0 aliphatic carbocycles. The van der Waals surface area contributed by atoms with Gasteiger partial charge in [0.05, 0.1) is 0 Å². The third kappa shape index (κ3) is 4.72. The van der Waals surface area contributed by atoms with Crippen LogP contribution in [0, 0.1) is 0 Å². The van der Waals surface area contributed by atoms with Crippen molar-refractivity contribution in [3.8, 4) is 11.1 Å². The fourth-order valence-corrected chi connectivity index (χ4v) is 8.84. The first-order valence-corrected chi connectivity index (χ1v) is 17.6. The van der Waals surface area contributed by atoms with E-state index in [4.69, 9.17) is 4.99 Å². The summed E-state index contributed by atoms with van der Waals surface area (Å²) in [6.07, 6.45) is -0.402. The summed E-state index contributed by atoms with van der Waals surface area (Å²) in [5.74, 6) is 0.895. The van der Waals surface area contributed by atoms with Crippen molar-refractivity contribution in [2.24, 2.45) is 4.99 Å². The molecule has 8 aromatic carbocycles. The summed E-state index contributed by atoms with van der Waals surface area (Å²) in [5, 5.41) is 17.6. The van der Waals surface area contributed by atoms with E-state index in [2.05, 4.69) is 174 Å². The van der Waals surface area contributed by atoms with Gasteiger partial charge in [0.25, 0.3) is 0 Å². The Morgan fingerprint density at radius 3 is 2.10 bits per heavy atom. The van der Waals surface area contributed by atoms with Gasteiger partial charge in [-0.1, -0.05) is 146 Å². The van der Waals surface area contributed by atoms with Crippen LogP contribution in [-0.4, -0.2) is 5.84 Å². The van der Waals surface area contributed by atoms with Gasteiger partial charge in [-0.2, -0.15) is 0 Å². The van der Waals surface area contributed by atoms with Crippen molar-refractivity contribution in [2.45, 2.75) is 12.3 Å². The quantitative estimate of drug-likeness (QED) is 0.148. The number of thiophene rings is 1. The van der Waals surface area contributed by atoms with Crippen LogP contribution in [0.3, 0.4) is 0 Å². The number of amidine groups is 1. The normalized spacial score (nSPS) is 16.4. The molecular formula is C45H31N3S. The topological polar surface area (TPSA) is 36.4 Å². The molecule has 0 spiro atoms. The minimum Gasteiger partial charge on any atom is -0.350 e.